The Bertz CT molecular complexity index is 674. The Labute approximate surface area is 124 Å². The Balaban J connectivity index is 2.19. The molecular weight excluding hydrogens is 298 g/mol. The van der Waals surface area contributed by atoms with Gasteiger partial charge in [-0.2, -0.15) is 0 Å². The number of aromatic carboxylic acids is 1. The van der Waals surface area contributed by atoms with E-state index in [1.807, 2.05) is 0 Å². The second-order valence-electron chi connectivity index (χ2n) is 4.19. The molecule has 0 atom stereocenters. The van der Waals surface area contributed by atoms with Crippen molar-refractivity contribution in [1.29, 1.82) is 0 Å². The fourth-order valence-electron chi connectivity index (χ4n) is 1.78. The third kappa shape index (κ3) is 3.72. The number of carboxylic acids is 1. The van der Waals surface area contributed by atoms with E-state index >= 15 is 0 Å². The molecule has 0 amide bonds. The zero-order valence-corrected chi connectivity index (χ0v) is 11.9. The molecule has 2 rings (SSSR count). The Morgan fingerprint density at radius 2 is 2.00 bits per heavy atom. The minimum atomic E-state index is -1.32. The van der Waals surface area contributed by atoms with Crippen molar-refractivity contribution >= 4 is 17.7 Å². The number of carboxylic acid groups (broad SMARTS) is 1. The van der Waals surface area contributed by atoms with Crippen LogP contribution in [0.1, 0.15) is 15.9 Å². The average Bonchev–Trinajstić information content (AvgIpc) is 2.46. The molecule has 2 aromatic rings. The van der Waals surface area contributed by atoms with Gasteiger partial charge >= 0.3 is 5.97 Å². The molecule has 0 aliphatic rings. The van der Waals surface area contributed by atoms with Gasteiger partial charge in [0.05, 0.1) is 12.7 Å². The van der Waals surface area contributed by atoms with Crippen molar-refractivity contribution in [1.82, 2.24) is 0 Å². The van der Waals surface area contributed by atoms with Crippen LogP contribution in [0.4, 0.5) is 8.78 Å². The predicted molar refractivity (Wildman–Crippen MR) is 75.9 cm³/mol. The molecular formula is C15H12F2O3S. The van der Waals surface area contributed by atoms with Gasteiger partial charge in [-0.1, -0.05) is 0 Å². The maximum Gasteiger partial charge on any atom is 0.338 e. The third-order valence-electron chi connectivity index (χ3n) is 2.81. The highest BCUT2D eigenvalue weighted by molar-refractivity contribution is 7.98. The number of hydrogen-bond donors (Lipinski definition) is 1. The van der Waals surface area contributed by atoms with Crippen LogP contribution >= 0.6 is 11.8 Å². The fourth-order valence-corrected chi connectivity index (χ4v) is 2.69. The number of benzene rings is 2. The van der Waals surface area contributed by atoms with E-state index in [0.717, 1.165) is 6.07 Å². The second kappa shape index (κ2) is 6.58. The Kier molecular flexibility index (Phi) is 4.80. The highest BCUT2D eigenvalue weighted by atomic mass is 32.2. The summed E-state index contributed by atoms with van der Waals surface area (Å²) in [6.45, 7) is 0. The van der Waals surface area contributed by atoms with Gasteiger partial charge < -0.3 is 9.84 Å². The quantitative estimate of drug-likeness (QED) is 0.849. The zero-order valence-electron chi connectivity index (χ0n) is 11.1. The van der Waals surface area contributed by atoms with Crippen LogP contribution in [0.5, 0.6) is 5.75 Å². The van der Waals surface area contributed by atoms with Gasteiger partial charge in [0.2, 0.25) is 0 Å². The summed E-state index contributed by atoms with van der Waals surface area (Å²) in [6, 6.07) is 8.03. The predicted octanol–water partition coefficient (Wildman–Crippen LogP) is 3.96. The van der Waals surface area contributed by atoms with Gasteiger partial charge in [0.15, 0.2) is 0 Å². The number of methoxy groups -OCH3 is 1. The smallest absolute Gasteiger partial charge is 0.338 e. The van der Waals surface area contributed by atoms with E-state index in [4.69, 9.17) is 9.84 Å². The van der Waals surface area contributed by atoms with Gasteiger partial charge in [0, 0.05) is 16.2 Å². The van der Waals surface area contributed by atoms with Crippen molar-refractivity contribution < 1.29 is 23.4 Å². The number of rotatable bonds is 5. The van der Waals surface area contributed by atoms with Crippen molar-refractivity contribution in [2.24, 2.45) is 0 Å². The molecule has 2 aromatic carbocycles. The monoisotopic (exact) mass is 310 g/mol. The van der Waals surface area contributed by atoms with Crippen molar-refractivity contribution in [2.45, 2.75) is 10.6 Å². The largest absolute Gasteiger partial charge is 0.496 e. The summed E-state index contributed by atoms with van der Waals surface area (Å²) in [5.74, 6) is -1.55. The molecule has 0 saturated carbocycles. The fraction of sp³-hybridized carbons (Fsp3) is 0.133. The maximum absolute atomic E-state index is 13.3. The van der Waals surface area contributed by atoms with Gasteiger partial charge in [0.1, 0.15) is 17.4 Å². The first-order valence-corrected chi connectivity index (χ1v) is 6.98. The van der Waals surface area contributed by atoms with Crippen LogP contribution in [0, 0.1) is 11.6 Å². The Morgan fingerprint density at radius 1 is 1.24 bits per heavy atom. The van der Waals surface area contributed by atoms with Gasteiger partial charge in [-0.05, 0) is 36.4 Å². The summed E-state index contributed by atoms with van der Waals surface area (Å²) in [5.41, 5.74) is 0.259. The zero-order chi connectivity index (χ0) is 15.4. The SMILES string of the molecule is COc1ccc(F)cc1CSc1ccc(F)c(C(=O)O)c1. The number of halogens is 2. The highest BCUT2D eigenvalue weighted by Gasteiger charge is 2.12. The van der Waals surface area contributed by atoms with E-state index in [1.54, 1.807) is 0 Å². The molecule has 0 spiro atoms. The maximum atomic E-state index is 13.3. The summed E-state index contributed by atoms with van der Waals surface area (Å²) in [4.78, 5) is 11.5. The minimum Gasteiger partial charge on any atom is -0.496 e. The van der Waals surface area contributed by atoms with Gasteiger partial charge in [-0.25, -0.2) is 13.6 Å². The molecule has 0 radical (unpaired) electrons. The molecule has 21 heavy (non-hydrogen) atoms. The number of ether oxygens (including phenoxy) is 1. The number of hydrogen-bond acceptors (Lipinski definition) is 3. The molecule has 0 aliphatic heterocycles. The first kappa shape index (κ1) is 15.3. The van der Waals surface area contributed by atoms with Crippen molar-refractivity contribution in [3.63, 3.8) is 0 Å². The Hall–Kier alpha value is -2.08. The summed E-state index contributed by atoms with van der Waals surface area (Å²) >= 11 is 1.28. The molecule has 0 heterocycles. The first-order chi connectivity index (χ1) is 10.0. The lowest BCUT2D eigenvalue weighted by Gasteiger charge is -2.09. The lowest BCUT2D eigenvalue weighted by Crippen LogP contribution is -2.00. The van der Waals surface area contributed by atoms with Gasteiger partial charge in [0.25, 0.3) is 0 Å². The lowest BCUT2D eigenvalue weighted by atomic mass is 10.2. The van der Waals surface area contributed by atoms with E-state index in [0.29, 0.717) is 22.0 Å². The molecule has 0 bridgehead atoms. The molecule has 0 aromatic heterocycles. The van der Waals surface area contributed by atoms with Crippen molar-refractivity contribution in [2.75, 3.05) is 7.11 Å². The van der Waals surface area contributed by atoms with Crippen LogP contribution in [0.25, 0.3) is 0 Å². The lowest BCUT2D eigenvalue weighted by molar-refractivity contribution is 0.0691. The second-order valence-corrected chi connectivity index (χ2v) is 5.24. The molecule has 110 valence electrons. The first-order valence-electron chi connectivity index (χ1n) is 5.99. The van der Waals surface area contributed by atoms with E-state index < -0.39 is 11.8 Å². The average molecular weight is 310 g/mol. The summed E-state index contributed by atoms with van der Waals surface area (Å²) in [5, 5.41) is 8.88. The highest BCUT2D eigenvalue weighted by Crippen LogP contribution is 2.29. The van der Waals surface area contributed by atoms with Crippen LogP contribution in [-0.4, -0.2) is 18.2 Å². The molecule has 0 saturated heterocycles. The van der Waals surface area contributed by atoms with E-state index in [-0.39, 0.29) is 11.4 Å². The van der Waals surface area contributed by atoms with Crippen LogP contribution in [-0.2, 0) is 5.75 Å². The molecule has 0 fully saturated rings. The van der Waals surface area contributed by atoms with Crippen LogP contribution in [0.2, 0.25) is 0 Å². The summed E-state index contributed by atoms with van der Waals surface area (Å²) in [6.07, 6.45) is 0. The van der Waals surface area contributed by atoms with Crippen molar-refractivity contribution in [3.8, 4) is 5.75 Å². The number of thioether (sulfide) groups is 1. The summed E-state index contributed by atoms with van der Waals surface area (Å²) in [7, 11) is 1.49. The van der Waals surface area contributed by atoms with Crippen molar-refractivity contribution in [3.05, 3.63) is 59.2 Å². The minimum absolute atomic E-state index is 0.378. The van der Waals surface area contributed by atoms with E-state index in [9.17, 15) is 13.6 Å². The molecule has 1 N–H and O–H groups in total. The molecule has 0 unspecified atom stereocenters. The van der Waals surface area contributed by atoms with Crippen LogP contribution in [0.3, 0.4) is 0 Å². The van der Waals surface area contributed by atoms with Crippen LogP contribution < -0.4 is 4.74 Å². The normalized spacial score (nSPS) is 10.4. The van der Waals surface area contributed by atoms with E-state index in [1.165, 1.54) is 49.2 Å². The topological polar surface area (TPSA) is 46.5 Å². The number of carbonyl (C=O) groups is 1. The van der Waals surface area contributed by atoms with Crippen LogP contribution in [0.15, 0.2) is 41.3 Å². The van der Waals surface area contributed by atoms with E-state index in [2.05, 4.69) is 0 Å². The van der Waals surface area contributed by atoms with Gasteiger partial charge in [-0.3, -0.25) is 0 Å². The molecule has 0 aliphatic carbocycles. The standard InChI is InChI=1S/C15H12F2O3S/c1-20-14-5-2-10(16)6-9(14)8-21-11-3-4-13(17)12(7-11)15(18)19/h2-7H,8H2,1H3,(H,18,19). The Morgan fingerprint density at radius 3 is 2.67 bits per heavy atom. The summed E-state index contributed by atoms with van der Waals surface area (Å²) < 4.78 is 31.7. The van der Waals surface area contributed by atoms with Gasteiger partial charge in [-0.15, -0.1) is 11.8 Å². The molecule has 3 nitrogen and oxygen atoms in total. The molecule has 6 heteroatoms. The third-order valence-corrected chi connectivity index (χ3v) is 3.85.